The second-order valence-corrected chi connectivity index (χ2v) is 7.26. The normalized spacial score (nSPS) is 23.1. The molecule has 4 N–H and O–H groups in total. The standard InChI is InChI=1S/2C11H14FNO.2ClH/c2*1-2-14-11-4-3-7(5-9(11)12)8-6-10(8)13;;/h2*3-5,8,10H,2,6,13H2,1H3;2*1H/t2*8-,10+;;/m10../s1. The van der Waals surface area contributed by atoms with Gasteiger partial charge in [-0.15, -0.1) is 24.8 Å². The van der Waals surface area contributed by atoms with E-state index in [9.17, 15) is 8.78 Å². The van der Waals surface area contributed by atoms with Crippen LogP contribution >= 0.6 is 24.8 Å². The van der Waals surface area contributed by atoms with E-state index in [0.29, 0.717) is 36.5 Å². The van der Waals surface area contributed by atoms with Crippen LogP contribution in [0.3, 0.4) is 0 Å². The smallest absolute Gasteiger partial charge is 0.165 e. The molecule has 2 aliphatic rings. The third-order valence-corrected chi connectivity index (χ3v) is 5.05. The lowest BCUT2D eigenvalue weighted by molar-refractivity contribution is 0.321. The van der Waals surface area contributed by atoms with Crippen LogP contribution in [-0.2, 0) is 0 Å². The summed E-state index contributed by atoms with van der Waals surface area (Å²) in [5.41, 5.74) is 13.4. The Bertz CT molecular complexity index is 758. The Morgan fingerprint density at radius 1 is 0.767 bits per heavy atom. The van der Waals surface area contributed by atoms with E-state index >= 15 is 0 Å². The zero-order valence-electron chi connectivity index (χ0n) is 17.1. The highest BCUT2D eigenvalue weighted by Crippen LogP contribution is 2.40. The van der Waals surface area contributed by atoms with Gasteiger partial charge in [-0.05, 0) is 62.1 Å². The summed E-state index contributed by atoms with van der Waals surface area (Å²) >= 11 is 0. The molecule has 2 fully saturated rings. The summed E-state index contributed by atoms with van der Waals surface area (Å²) in [5.74, 6) is 0.767. The first-order chi connectivity index (χ1) is 13.4. The quantitative estimate of drug-likeness (QED) is 0.638. The van der Waals surface area contributed by atoms with Gasteiger partial charge in [-0.3, -0.25) is 0 Å². The van der Waals surface area contributed by atoms with Gasteiger partial charge in [0.25, 0.3) is 0 Å². The molecular formula is C22H30Cl2F2N2O2. The van der Waals surface area contributed by atoms with E-state index in [1.165, 1.54) is 12.1 Å². The highest BCUT2D eigenvalue weighted by atomic mass is 35.5. The molecular weight excluding hydrogens is 433 g/mol. The van der Waals surface area contributed by atoms with E-state index in [1.54, 1.807) is 12.1 Å². The summed E-state index contributed by atoms with van der Waals surface area (Å²) < 4.78 is 37.0. The van der Waals surface area contributed by atoms with Crippen LogP contribution in [0, 0.1) is 11.6 Å². The van der Waals surface area contributed by atoms with Crippen molar-refractivity contribution in [2.75, 3.05) is 13.2 Å². The van der Waals surface area contributed by atoms with Gasteiger partial charge in [0.15, 0.2) is 23.1 Å². The predicted octanol–water partition coefficient (Wildman–Crippen LogP) is 4.92. The number of hydrogen-bond donors (Lipinski definition) is 2. The van der Waals surface area contributed by atoms with Crippen LogP contribution < -0.4 is 20.9 Å². The first kappa shape index (κ1) is 26.4. The molecule has 0 amide bonds. The molecule has 0 radical (unpaired) electrons. The zero-order valence-corrected chi connectivity index (χ0v) is 18.8. The van der Waals surface area contributed by atoms with Crippen LogP contribution in [0.15, 0.2) is 36.4 Å². The molecule has 0 unspecified atom stereocenters. The predicted molar refractivity (Wildman–Crippen MR) is 120 cm³/mol. The lowest BCUT2D eigenvalue weighted by Gasteiger charge is -2.06. The van der Waals surface area contributed by atoms with Gasteiger partial charge in [0.1, 0.15) is 0 Å². The molecule has 2 aromatic rings. The summed E-state index contributed by atoms with van der Waals surface area (Å²) in [6.07, 6.45) is 1.93. The van der Waals surface area contributed by atoms with Gasteiger partial charge in [0.2, 0.25) is 0 Å². The second kappa shape index (κ2) is 11.7. The van der Waals surface area contributed by atoms with Crippen LogP contribution in [0.25, 0.3) is 0 Å². The number of nitrogens with two attached hydrogens (primary N) is 2. The minimum atomic E-state index is -0.288. The van der Waals surface area contributed by atoms with Crippen molar-refractivity contribution in [3.63, 3.8) is 0 Å². The number of hydrogen-bond acceptors (Lipinski definition) is 4. The van der Waals surface area contributed by atoms with E-state index in [2.05, 4.69) is 0 Å². The summed E-state index contributed by atoms with van der Waals surface area (Å²) in [5, 5.41) is 0. The van der Waals surface area contributed by atoms with Crippen molar-refractivity contribution in [3.8, 4) is 11.5 Å². The van der Waals surface area contributed by atoms with Crippen LogP contribution in [0.4, 0.5) is 8.78 Å². The second-order valence-electron chi connectivity index (χ2n) is 7.26. The Labute approximate surface area is 189 Å². The molecule has 4 nitrogen and oxygen atoms in total. The molecule has 2 aromatic carbocycles. The molecule has 0 spiro atoms. The molecule has 0 aromatic heterocycles. The van der Waals surface area contributed by atoms with Crippen molar-refractivity contribution in [1.29, 1.82) is 0 Å². The van der Waals surface area contributed by atoms with E-state index in [1.807, 2.05) is 26.0 Å². The SMILES string of the molecule is CCOc1ccc([C@@H]2C[C@H]2N)cc1F.CCOc1ccc([C@H]2C[C@@H]2N)cc1F.Cl.Cl. The molecule has 2 saturated carbocycles. The maximum Gasteiger partial charge on any atom is 0.165 e. The van der Waals surface area contributed by atoms with Crippen molar-refractivity contribution >= 4 is 24.8 Å². The van der Waals surface area contributed by atoms with Gasteiger partial charge in [0, 0.05) is 23.9 Å². The van der Waals surface area contributed by atoms with Crippen molar-refractivity contribution in [2.45, 2.75) is 50.6 Å². The lowest BCUT2D eigenvalue weighted by atomic mass is 10.1. The van der Waals surface area contributed by atoms with E-state index in [0.717, 1.165) is 24.0 Å². The van der Waals surface area contributed by atoms with Gasteiger partial charge in [-0.1, -0.05) is 12.1 Å². The van der Waals surface area contributed by atoms with Crippen LogP contribution in [0.1, 0.15) is 49.7 Å². The minimum absolute atomic E-state index is 0. The molecule has 0 saturated heterocycles. The Morgan fingerprint density at radius 2 is 1.10 bits per heavy atom. The summed E-state index contributed by atoms with van der Waals surface area (Å²) in [7, 11) is 0. The van der Waals surface area contributed by atoms with Gasteiger partial charge >= 0.3 is 0 Å². The first-order valence-electron chi connectivity index (χ1n) is 9.80. The molecule has 0 bridgehead atoms. The Hall–Kier alpha value is -1.60. The van der Waals surface area contributed by atoms with Crippen molar-refractivity contribution in [1.82, 2.24) is 0 Å². The molecule has 0 heterocycles. The largest absolute Gasteiger partial charge is 0.491 e. The van der Waals surface area contributed by atoms with Gasteiger partial charge in [0.05, 0.1) is 13.2 Å². The summed E-state index contributed by atoms with van der Waals surface area (Å²) in [6, 6.07) is 10.6. The third-order valence-electron chi connectivity index (χ3n) is 5.05. The number of rotatable bonds is 6. The number of halogens is 4. The highest BCUT2D eigenvalue weighted by Gasteiger charge is 2.35. The fourth-order valence-corrected chi connectivity index (χ4v) is 3.24. The van der Waals surface area contributed by atoms with Crippen molar-refractivity contribution in [3.05, 3.63) is 59.2 Å². The third kappa shape index (κ3) is 6.71. The van der Waals surface area contributed by atoms with Gasteiger partial charge in [-0.2, -0.15) is 0 Å². The van der Waals surface area contributed by atoms with Gasteiger partial charge < -0.3 is 20.9 Å². The Balaban J connectivity index is 0.000000281. The first-order valence-corrected chi connectivity index (χ1v) is 9.80. The molecule has 0 aliphatic heterocycles. The van der Waals surface area contributed by atoms with Crippen LogP contribution in [0.2, 0.25) is 0 Å². The number of benzene rings is 2. The lowest BCUT2D eigenvalue weighted by Crippen LogP contribution is -2.01. The summed E-state index contributed by atoms with van der Waals surface area (Å²) in [6.45, 7) is 4.65. The average Bonchev–Trinajstić information content (AvgIpc) is 3.57. The highest BCUT2D eigenvalue weighted by molar-refractivity contribution is 5.85. The minimum Gasteiger partial charge on any atom is -0.491 e. The summed E-state index contributed by atoms with van der Waals surface area (Å²) in [4.78, 5) is 0. The topological polar surface area (TPSA) is 70.5 Å². The van der Waals surface area contributed by atoms with Crippen LogP contribution in [-0.4, -0.2) is 25.3 Å². The Kier molecular flexibility index (Phi) is 10.3. The maximum atomic E-state index is 13.4. The monoisotopic (exact) mass is 462 g/mol. The maximum absolute atomic E-state index is 13.4. The van der Waals surface area contributed by atoms with Gasteiger partial charge in [-0.25, -0.2) is 8.78 Å². The fourth-order valence-electron chi connectivity index (χ4n) is 3.24. The van der Waals surface area contributed by atoms with Crippen LogP contribution in [0.5, 0.6) is 11.5 Å². The van der Waals surface area contributed by atoms with E-state index < -0.39 is 0 Å². The zero-order chi connectivity index (χ0) is 20.3. The molecule has 4 rings (SSSR count). The molecule has 4 atom stereocenters. The molecule has 8 heteroatoms. The van der Waals surface area contributed by atoms with E-state index in [-0.39, 0.29) is 48.5 Å². The van der Waals surface area contributed by atoms with Crippen molar-refractivity contribution in [2.24, 2.45) is 11.5 Å². The Morgan fingerprint density at radius 3 is 1.33 bits per heavy atom. The molecule has 168 valence electrons. The number of ether oxygens (including phenoxy) is 2. The van der Waals surface area contributed by atoms with Crippen molar-refractivity contribution < 1.29 is 18.3 Å². The fraction of sp³-hybridized carbons (Fsp3) is 0.455. The molecule has 2 aliphatic carbocycles. The van der Waals surface area contributed by atoms with E-state index in [4.69, 9.17) is 20.9 Å². The molecule has 30 heavy (non-hydrogen) atoms. The average molecular weight is 463 g/mol.